The van der Waals surface area contributed by atoms with Crippen molar-refractivity contribution in [2.75, 3.05) is 0 Å². The molecule has 0 aromatic rings. The van der Waals surface area contributed by atoms with Gasteiger partial charge in [0.25, 0.3) is 10.0 Å². The molecular weight excluding hydrogens is 243 g/mol. The van der Waals surface area contributed by atoms with E-state index in [1.807, 2.05) is 0 Å². The summed E-state index contributed by atoms with van der Waals surface area (Å²) in [7, 11) is -0.449. The van der Waals surface area contributed by atoms with Crippen molar-refractivity contribution in [3.63, 3.8) is 0 Å². The van der Waals surface area contributed by atoms with Crippen molar-refractivity contribution in [3.05, 3.63) is 0 Å². The molecule has 0 atom stereocenters. The number of rotatable bonds is 3. The Hall–Kier alpha value is 1.74. The van der Waals surface area contributed by atoms with Gasteiger partial charge in [-0.1, -0.05) is 0 Å². The molecule has 0 heterocycles. The molecule has 0 aromatic carbocycles. The van der Waals surface area contributed by atoms with Gasteiger partial charge in [0, 0.05) is 26.2 Å². The molecule has 0 spiro atoms. The van der Waals surface area contributed by atoms with E-state index in [9.17, 15) is 0 Å². The molecule has 0 amide bonds. The van der Waals surface area contributed by atoms with Gasteiger partial charge in [0.2, 0.25) is 9.07 Å². The Morgan fingerprint density at radius 2 is 2.14 bits per heavy atom. The molecule has 7 heteroatoms. The fourth-order valence-corrected chi connectivity index (χ4v) is 3.10. The minimum atomic E-state index is -0.666. The molecule has 0 unspecified atom stereocenters. The fourth-order valence-electron chi connectivity index (χ4n) is 0.115. The van der Waals surface area contributed by atoms with Gasteiger partial charge in [0.1, 0.15) is 10.5 Å². The van der Waals surface area contributed by atoms with E-state index in [4.69, 9.17) is 19.3 Å². The normalized spacial score (nSPS) is 11.6. The van der Waals surface area contributed by atoms with Crippen LogP contribution in [-0.4, -0.2) is 29.6 Å². The summed E-state index contributed by atoms with van der Waals surface area (Å²) in [6, 6.07) is 0. The molecule has 0 radical (unpaired) electrons. The van der Waals surface area contributed by atoms with Gasteiger partial charge in [0.05, 0.1) is 0 Å². The van der Waals surface area contributed by atoms with Crippen molar-refractivity contribution in [2.24, 2.45) is 0 Å². The van der Waals surface area contributed by atoms with Crippen molar-refractivity contribution in [2.45, 2.75) is 0 Å². The monoisotopic (exact) mass is 248 g/mol. The predicted molar refractivity (Wildman–Crippen MR) is 35.1 cm³/mol. The zero-order valence-electron chi connectivity index (χ0n) is 4.11. The number of hydrogen-bond acceptors (Lipinski definition) is 2. The smallest absolute Gasteiger partial charge is 0.283 e. The van der Waals surface area contributed by atoms with Crippen LogP contribution in [-0.2, 0) is 34.4 Å². The Morgan fingerprint density at radius 1 is 1.57 bits per heavy atom. The molecule has 0 fully saturated rings. The van der Waals surface area contributed by atoms with Crippen LogP contribution in [0.25, 0.3) is 0 Å². The van der Waals surface area contributed by atoms with Gasteiger partial charge in [-0.25, -0.2) is 0 Å². The molecule has 0 saturated heterocycles. The van der Waals surface area contributed by atoms with Gasteiger partial charge in [-0.2, -0.15) is 0 Å². The predicted octanol–water partition coefficient (Wildman–Crippen LogP) is -2.47. The molecule has 0 aliphatic heterocycles. The van der Waals surface area contributed by atoms with Crippen LogP contribution in [0.3, 0.4) is 0 Å². The third-order valence-corrected chi connectivity index (χ3v) is 3.89. The summed E-state index contributed by atoms with van der Waals surface area (Å²) in [5.41, 5.74) is 0. The second-order valence-electron chi connectivity index (χ2n) is 0.720. The van der Waals surface area contributed by atoms with Crippen LogP contribution in [0.5, 0.6) is 0 Å². The Bertz CT molecular complexity index is 24.9. The van der Waals surface area contributed by atoms with E-state index in [2.05, 4.69) is 0 Å². The molecule has 0 aliphatic rings. The first-order valence-electron chi connectivity index (χ1n) is 1.54. The van der Waals surface area contributed by atoms with Gasteiger partial charge >= 0.3 is 0 Å². The second-order valence-corrected chi connectivity index (χ2v) is 5.77. The van der Waals surface area contributed by atoms with Crippen LogP contribution in [0.15, 0.2) is 0 Å². The number of halogens is 1. The Kier molecular flexibility index (Phi) is 17.6. The van der Waals surface area contributed by atoms with E-state index >= 15 is 0 Å². The quantitative estimate of drug-likeness (QED) is 0.314. The Balaban J connectivity index is 0. The Labute approximate surface area is 74.7 Å². The molecule has 0 bridgehead atoms. The summed E-state index contributed by atoms with van der Waals surface area (Å²) in [5, 5.41) is 0. The Morgan fingerprint density at radius 3 is 2.29 bits per heavy atom. The van der Waals surface area contributed by atoms with Crippen LogP contribution in [0.4, 0.5) is 0 Å². The van der Waals surface area contributed by atoms with Crippen molar-refractivity contribution in [1.82, 2.24) is 0 Å². The van der Waals surface area contributed by atoms with Crippen molar-refractivity contribution >= 4 is 40.6 Å². The summed E-state index contributed by atoms with van der Waals surface area (Å²) in [5.74, 6) is 0. The third kappa shape index (κ3) is 11.4. The topological polar surface area (TPSA) is 18.5 Å². The minimum absolute atomic E-state index is 0. The van der Waals surface area contributed by atoms with Crippen LogP contribution < -0.4 is 0 Å². The van der Waals surface area contributed by atoms with Crippen LogP contribution in [0, 0.1) is 0 Å². The van der Waals surface area contributed by atoms with E-state index in [-0.39, 0.29) is 26.2 Å². The average molecular weight is 250 g/mol. The summed E-state index contributed by atoms with van der Waals surface area (Å²) in [6.45, 7) is 0. The zero-order valence-corrected chi connectivity index (χ0v) is 12.2. The molecule has 0 rings (SSSR count). The number of hydrogen-bond donors (Lipinski definition) is 0. The van der Waals surface area contributed by atoms with E-state index in [1.54, 1.807) is 0 Å². The maximum absolute atomic E-state index is 5.27. The molecular formula is H7ClO2Si3Zr. The molecule has 7 heavy (non-hydrogen) atoms. The first-order valence-corrected chi connectivity index (χ1v) is 6.23. The SMILES string of the molecule is [SiH3]O[SiH2]O[SiH2]Cl.[Zr]. The summed E-state index contributed by atoms with van der Waals surface area (Å²) >= 11 is 5.27. The molecule has 0 aliphatic carbocycles. The van der Waals surface area contributed by atoms with Gasteiger partial charge < -0.3 is 8.23 Å². The fraction of sp³-hybridized carbons (Fsp3) is 0. The standard InChI is InChI=1S/ClH7O2Si3.Zr/c1-5-3-6-2-4;/h5-6H2,4H3;. The van der Waals surface area contributed by atoms with Crippen LogP contribution in [0.1, 0.15) is 0 Å². The summed E-state index contributed by atoms with van der Waals surface area (Å²) in [4.78, 5) is 0. The molecule has 0 N–H and O–H groups in total. The zero-order chi connectivity index (χ0) is 4.83. The first kappa shape index (κ1) is 11.5. The molecule has 2 nitrogen and oxygen atoms in total. The maximum Gasteiger partial charge on any atom is 0.283 e. The van der Waals surface area contributed by atoms with Gasteiger partial charge in [-0.05, 0) is 0 Å². The summed E-state index contributed by atoms with van der Waals surface area (Å²) < 4.78 is 9.63. The van der Waals surface area contributed by atoms with E-state index in [0.29, 0.717) is 0 Å². The van der Waals surface area contributed by atoms with Crippen molar-refractivity contribution in [3.8, 4) is 0 Å². The van der Waals surface area contributed by atoms with Crippen LogP contribution in [0.2, 0.25) is 0 Å². The molecule has 0 saturated carbocycles. The average Bonchev–Trinajstić information content (AvgIpc) is 1.61. The van der Waals surface area contributed by atoms with Gasteiger partial charge in [-0.15, -0.1) is 11.1 Å². The third-order valence-electron chi connectivity index (χ3n) is 0.278. The van der Waals surface area contributed by atoms with Gasteiger partial charge in [-0.3, -0.25) is 0 Å². The maximum atomic E-state index is 5.27. The van der Waals surface area contributed by atoms with E-state index < -0.39 is 19.1 Å². The largest absolute Gasteiger partial charge is 0.449 e. The summed E-state index contributed by atoms with van der Waals surface area (Å²) in [6.07, 6.45) is 0. The van der Waals surface area contributed by atoms with Crippen molar-refractivity contribution < 1.29 is 34.4 Å². The van der Waals surface area contributed by atoms with Gasteiger partial charge in [0.15, 0.2) is 0 Å². The second kappa shape index (κ2) is 10.7. The van der Waals surface area contributed by atoms with Crippen LogP contribution >= 0.6 is 11.1 Å². The molecule has 42 valence electrons. The minimum Gasteiger partial charge on any atom is -0.449 e. The van der Waals surface area contributed by atoms with E-state index in [0.717, 1.165) is 10.5 Å². The van der Waals surface area contributed by atoms with Crippen molar-refractivity contribution in [1.29, 1.82) is 0 Å². The van der Waals surface area contributed by atoms with E-state index in [1.165, 1.54) is 0 Å². The first-order chi connectivity index (χ1) is 2.91. The molecule has 0 aromatic heterocycles.